The highest BCUT2D eigenvalue weighted by atomic mass is 16.5. The monoisotopic (exact) mass is 1890 g/mol. The zero-order valence-electron chi connectivity index (χ0n) is 98.9. The van der Waals surface area contributed by atoms with Crippen molar-refractivity contribution in [2.24, 2.45) is 100.0 Å². The highest BCUT2D eigenvalue weighted by molar-refractivity contribution is 4.86. The average Bonchev–Trinajstić information content (AvgIpc) is 1.04. The molecule has 0 aromatic rings. The maximum atomic E-state index is 5.65. The van der Waals surface area contributed by atoms with Crippen LogP contribution in [0, 0.1) is 100.0 Å². The van der Waals surface area contributed by atoms with Gasteiger partial charge in [0.15, 0.2) is 0 Å². The Labute approximate surface area is 842 Å². The molecule has 1 aliphatic carbocycles. The van der Waals surface area contributed by atoms with Crippen molar-refractivity contribution >= 4 is 0 Å². The van der Waals surface area contributed by atoms with Gasteiger partial charge in [-0.15, -0.1) is 0 Å². The first-order valence-corrected chi connectivity index (χ1v) is 57.2. The third-order valence-corrected chi connectivity index (χ3v) is 26.4. The number of morpholine rings is 2. The molecule has 13 rings (SSSR count). The summed E-state index contributed by atoms with van der Waals surface area (Å²) in [6, 6.07) is 2.19. The molecule has 7 N–H and O–H groups in total. The smallest absolute Gasteiger partial charge is 0.0620 e. The van der Waals surface area contributed by atoms with E-state index in [1.807, 2.05) is 0 Å². The maximum absolute atomic E-state index is 5.65. The lowest BCUT2D eigenvalue weighted by Crippen LogP contribution is -2.44. The van der Waals surface area contributed by atoms with Crippen LogP contribution >= 0.6 is 0 Å². The summed E-state index contributed by atoms with van der Waals surface area (Å²) in [5, 5.41) is 24.0. The second-order valence-electron chi connectivity index (χ2n) is 60.2. The molecule has 1 saturated carbocycles. The minimum Gasteiger partial charge on any atom is -0.379 e. The van der Waals surface area contributed by atoms with Gasteiger partial charge in [0.2, 0.25) is 0 Å². The molecule has 6 atom stereocenters. The third-order valence-electron chi connectivity index (χ3n) is 26.4. The molecule has 0 bridgehead atoms. The highest BCUT2D eigenvalue weighted by Gasteiger charge is 2.31. The lowest BCUT2D eigenvalue weighted by atomic mass is 9.81. The predicted octanol–water partition coefficient (Wildman–Crippen LogP) is 28.6. The molecule has 14 nitrogen and oxygen atoms in total. The fourth-order valence-corrected chi connectivity index (χ4v) is 21.4. The van der Waals surface area contributed by atoms with Crippen LogP contribution in [-0.4, -0.2) is 227 Å². The Hall–Kier alpha value is -0.560. The van der Waals surface area contributed by atoms with E-state index in [0.29, 0.717) is 82.5 Å². The molecule has 6 unspecified atom stereocenters. The van der Waals surface area contributed by atoms with E-state index in [9.17, 15) is 0 Å². The Kier molecular flexibility index (Phi) is 65.3. The van der Waals surface area contributed by atoms with Gasteiger partial charge in [-0.3, -0.25) is 4.90 Å². The van der Waals surface area contributed by atoms with Crippen LogP contribution in [-0.2, 0) is 14.2 Å². The molecule has 12 aliphatic heterocycles. The first-order chi connectivity index (χ1) is 61.5. The van der Waals surface area contributed by atoms with Crippen LogP contribution in [0.25, 0.3) is 0 Å². The molecular weight excluding hydrogens is 1640 g/mol. The van der Waals surface area contributed by atoms with Gasteiger partial charge in [0.1, 0.15) is 0 Å². The van der Waals surface area contributed by atoms with Gasteiger partial charge in [0.25, 0.3) is 0 Å². The number of piperidine rings is 4. The molecule has 13 aliphatic rings. The molecular formula is C120H251N11O3. The van der Waals surface area contributed by atoms with Crippen molar-refractivity contribution in [3.05, 3.63) is 0 Å². The number of hydrogen-bond acceptors (Lipinski definition) is 14. The van der Waals surface area contributed by atoms with E-state index in [2.05, 4.69) is 327 Å². The van der Waals surface area contributed by atoms with Crippen molar-refractivity contribution in [1.29, 1.82) is 0 Å². The van der Waals surface area contributed by atoms with Gasteiger partial charge in [-0.2, -0.15) is 0 Å². The summed E-state index contributed by atoms with van der Waals surface area (Å²) in [6.07, 6.45) is 43.5. The van der Waals surface area contributed by atoms with Gasteiger partial charge >= 0.3 is 0 Å². The number of hydrogen-bond donors (Lipinski definition) is 7. The van der Waals surface area contributed by atoms with Crippen molar-refractivity contribution in [3.63, 3.8) is 0 Å². The summed E-state index contributed by atoms with van der Waals surface area (Å²) in [5.74, 6) is 4.88. The molecule has 804 valence electrons. The number of nitrogens with zero attached hydrogens (tertiary/aromatic N) is 4. The molecule has 0 radical (unpaired) electrons. The molecule has 0 aromatic heterocycles. The molecule has 14 heteroatoms. The standard InChI is InChI=1S/4C10H21N.C10H20O.C10H20.2C9H19NO.2C9H19N.3C8H17N/c1-10(2,3)8-9-4-6-11-7-5-9;1-10(2,3)7-9-5-4-6-11-8-9;1-10(2,3)8-9-6-4-5-7-11-9;1-10(2,3)9-11-7-5-4-6-8-11;1-10(2,3)8-9-6-4-5-7-11-9;1-10(2,3)8-9-6-4-5-7-9;1-9(2,3)8-10-4-6-11-7-5-10;1-9(2,3)6-8-7-11-5-4-10-8;1-9(2,3)6-8-4-5-10-7-8;1-9(2,3)8-10-6-4-5-7-10;1-8(2,3)4-7-5-9-6-7;1-8(2,3)6-7-4-5-9-7;1-8(2,3)7-9-5-4-6-9/h3*9,11H,4-8H2,1-3H3;4-9H2,1-3H3;9H,4-8H2,1-3H3;9H,4-8H2,1-3H3;4-8H2,1-3H3;8,10H,4-7H2,1-3H3;8,10H,4-7H2,1-3H3;4-8H2,1-3H3;2*7,9H,4-6H2,1-3H3;4-7H2,1-3H3. The molecule has 0 spiro atoms. The lowest BCUT2D eigenvalue weighted by molar-refractivity contribution is -0.00700. The van der Waals surface area contributed by atoms with Crippen LogP contribution in [0.3, 0.4) is 0 Å². The number of likely N-dealkylation sites (tertiary alicyclic amines) is 3. The summed E-state index contributed by atoms with van der Waals surface area (Å²) < 4.78 is 16.3. The van der Waals surface area contributed by atoms with E-state index >= 15 is 0 Å². The molecule has 0 amide bonds. The van der Waals surface area contributed by atoms with Crippen LogP contribution in [0.1, 0.15) is 469 Å². The van der Waals surface area contributed by atoms with E-state index in [1.54, 1.807) is 0 Å². The zero-order chi connectivity index (χ0) is 102. The van der Waals surface area contributed by atoms with E-state index in [4.69, 9.17) is 14.2 Å². The molecule has 134 heavy (non-hydrogen) atoms. The van der Waals surface area contributed by atoms with Crippen molar-refractivity contribution in [1.82, 2.24) is 56.8 Å². The van der Waals surface area contributed by atoms with Gasteiger partial charge in [-0.25, -0.2) is 0 Å². The van der Waals surface area contributed by atoms with Crippen molar-refractivity contribution < 1.29 is 14.2 Å². The van der Waals surface area contributed by atoms with Crippen molar-refractivity contribution in [3.8, 4) is 0 Å². The normalized spacial score (nSPS) is 24.4. The van der Waals surface area contributed by atoms with Crippen LogP contribution in [0.5, 0.6) is 0 Å². The van der Waals surface area contributed by atoms with Crippen LogP contribution in [0.4, 0.5) is 0 Å². The van der Waals surface area contributed by atoms with Crippen molar-refractivity contribution in [2.45, 2.75) is 493 Å². The average molecular weight is 1900 g/mol. The van der Waals surface area contributed by atoms with Gasteiger partial charge in [-0.1, -0.05) is 309 Å². The first-order valence-electron chi connectivity index (χ1n) is 57.2. The number of rotatable bonds is 13. The third kappa shape index (κ3) is 88.0. The Morgan fingerprint density at radius 2 is 0.530 bits per heavy atom. The molecule has 12 heterocycles. The minimum absolute atomic E-state index is 0.415. The van der Waals surface area contributed by atoms with Gasteiger partial charge in [-0.05, 0) is 365 Å². The predicted molar refractivity (Wildman–Crippen MR) is 597 cm³/mol. The first kappa shape index (κ1) is 131. The number of nitrogens with one attached hydrogen (secondary N) is 7. The molecule has 12 saturated heterocycles. The minimum atomic E-state index is 0.415. The Morgan fingerprint density at radius 1 is 0.201 bits per heavy atom. The van der Waals surface area contributed by atoms with E-state index in [0.717, 1.165) is 94.3 Å². The topological polar surface area (TPSA) is 125 Å². The second-order valence-corrected chi connectivity index (χ2v) is 60.2. The summed E-state index contributed by atoms with van der Waals surface area (Å²) >= 11 is 0. The molecule has 13 fully saturated rings. The van der Waals surface area contributed by atoms with E-state index < -0.39 is 0 Å². The summed E-state index contributed by atoms with van der Waals surface area (Å²) in [6.45, 7) is 123. The van der Waals surface area contributed by atoms with Crippen LogP contribution in [0.15, 0.2) is 0 Å². The zero-order valence-corrected chi connectivity index (χ0v) is 98.9. The fraction of sp³-hybridized carbons (Fsp3) is 1.00. The Balaban J connectivity index is 0.000000726. The fourth-order valence-electron chi connectivity index (χ4n) is 21.4. The highest BCUT2D eigenvalue weighted by Crippen LogP contribution is 2.37. The maximum Gasteiger partial charge on any atom is 0.0620 e. The Morgan fingerprint density at radius 3 is 0.843 bits per heavy atom. The SMILES string of the molecule is CC(C)(C)CC1CCCC1.CC(C)(C)CC1CCCCN1.CC(C)(C)CC1CCCCO1.CC(C)(C)CC1CCCNC1.CC(C)(C)CC1CCN1.CC(C)(C)CC1CCNC1.CC(C)(C)CC1CCNCC1.CC(C)(C)CC1CNC1.CC(C)(C)CC1COCCN1.CC(C)(C)CN1CCC1.CC(C)(C)CN1CCCC1.CC(C)(C)CN1CCCCC1.CC(C)(C)CN1CCOCC1. The van der Waals surface area contributed by atoms with Gasteiger partial charge < -0.3 is 66.1 Å². The largest absolute Gasteiger partial charge is 0.379 e. The van der Waals surface area contributed by atoms with E-state index in [1.165, 1.54) is 330 Å². The van der Waals surface area contributed by atoms with Crippen LogP contribution in [0.2, 0.25) is 0 Å². The Bertz CT molecular complexity index is 2260. The quantitative estimate of drug-likeness (QED) is 0.0946. The van der Waals surface area contributed by atoms with Crippen molar-refractivity contribution in [2.75, 3.05) is 184 Å². The van der Waals surface area contributed by atoms with Gasteiger partial charge in [0, 0.05) is 70.5 Å². The lowest BCUT2D eigenvalue weighted by Gasteiger charge is -2.36. The summed E-state index contributed by atoms with van der Waals surface area (Å²) in [7, 11) is 0. The second kappa shape index (κ2) is 66.5. The number of ether oxygens (including phenoxy) is 3. The van der Waals surface area contributed by atoms with Gasteiger partial charge in [0.05, 0.1) is 32.5 Å². The molecule has 0 aromatic carbocycles. The summed E-state index contributed by atoms with van der Waals surface area (Å²) in [5.41, 5.74) is 6.43. The summed E-state index contributed by atoms with van der Waals surface area (Å²) in [4.78, 5) is 10.2. The van der Waals surface area contributed by atoms with Crippen LogP contribution < -0.4 is 37.2 Å². The van der Waals surface area contributed by atoms with E-state index in [-0.39, 0.29) is 0 Å².